The lowest BCUT2D eigenvalue weighted by Gasteiger charge is -2.31. The van der Waals surface area contributed by atoms with Gasteiger partial charge < -0.3 is 19.5 Å². The average molecular weight is 477 g/mol. The van der Waals surface area contributed by atoms with Gasteiger partial charge in [-0.15, -0.1) is 0 Å². The monoisotopic (exact) mass is 476 g/mol. The Morgan fingerprint density at radius 3 is 2.46 bits per heavy atom. The van der Waals surface area contributed by atoms with Gasteiger partial charge in [0.1, 0.15) is 5.75 Å². The van der Waals surface area contributed by atoms with Crippen molar-refractivity contribution in [2.45, 2.75) is 57.9 Å². The number of nitrogens with one attached hydrogen (secondary N) is 1. The average Bonchev–Trinajstić information content (AvgIpc) is 3.37. The summed E-state index contributed by atoms with van der Waals surface area (Å²) in [6.07, 6.45) is 6.29. The molecule has 1 N–H and O–H groups in total. The summed E-state index contributed by atoms with van der Waals surface area (Å²) in [6.45, 7) is 2.54. The molecule has 1 aliphatic carbocycles. The molecule has 2 amide bonds. The number of hydrogen-bond acceptors (Lipinski definition) is 6. The fourth-order valence-electron chi connectivity index (χ4n) is 4.32. The number of carbonyl (C=O) groups excluding carboxylic acids is 2. The maximum Gasteiger partial charge on any atom is 0.253 e. The first-order chi connectivity index (χ1) is 17.0. The minimum absolute atomic E-state index is 0.0227. The van der Waals surface area contributed by atoms with Gasteiger partial charge in [0, 0.05) is 42.7 Å². The van der Waals surface area contributed by atoms with E-state index in [0.717, 1.165) is 24.2 Å². The third kappa shape index (κ3) is 6.47. The fourth-order valence-corrected chi connectivity index (χ4v) is 4.32. The molecule has 0 atom stereocenters. The highest BCUT2D eigenvalue weighted by molar-refractivity contribution is 5.95. The minimum Gasteiger partial charge on any atom is -0.494 e. The van der Waals surface area contributed by atoms with Crippen molar-refractivity contribution in [1.29, 1.82) is 0 Å². The van der Waals surface area contributed by atoms with Crippen LogP contribution in [0.2, 0.25) is 0 Å². The van der Waals surface area contributed by atoms with E-state index in [0.29, 0.717) is 42.0 Å². The number of aromatic nitrogens is 2. The van der Waals surface area contributed by atoms with Gasteiger partial charge in [0.05, 0.1) is 6.61 Å². The molecule has 0 radical (unpaired) electrons. The van der Waals surface area contributed by atoms with E-state index >= 15 is 0 Å². The summed E-state index contributed by atoms with van der Waals surface area (Å²) >= 11 is 0. The molecule has 1 aliphatic rings. The summed E-state index contributed by atoms with van der Waals surface area (Å²) < 4.78 is 10.7. The van der Waals surface area contributed by atoms with Gasteiger partial charge in [-0.05, 0) is 68.3 Å². The minimum atomic E-state index is -0.163. The zero-order valence-corrected chi connectivity index (χ0v) is 20.3. The predicted molar refractivity (Wildman–Crippen MR) is 133 cm³/mol. The van der Waals surface area contributed by atoms with Crippen LogP contribution in [0, 0.1) is 0 Å². The molecule has 8 heteroatoms. The van der Waals surface area contributed by atoms with Gasteiger partial charge >= 0.3 is 0 Å². The molecule has 0 bridgehead atoms. The first-order valence-electron chi connectivity index (χ1n) is 12.3. The van der Waals surface area contributed by atoms with Crippen LogP contribution in [-0.2, 0) is 11.2 Å². The van der Waals surface area contributed by atoms with E-state index in [1.165, 1.54) is 19.3 Å². The largest absolute Gasteiger partial charge is 0.494 e. The maximum absolute atomic E-state index is 12.8. The Morgan fingerprint density at radius 2 is 1.77 bits per heavy atom. The van der Waals surface area contributed by atoms with Gasteiger partial charge in [0.2, 0.25) is 17.6 Å². The third-order valence-corrected chi connectivity index (χ3v) is 6.32. The van der Waals surface area contributed by atoms with E-state index in [-0.39, 0.29) is 18.2 Å². The molecule has 1 fully saturated rings. The van der Waals surface area contributed by atoms with E-state index in [1.54, 1.807) is 24.3 Å². The van der Waals surface area contributed by atoms with Gasteiger partial charge in [-0.25, -0.2) is 0 Å². The van der Waals surface area contributed by atoms with Crippen molar-refractivity contribution in [3.8, 4) is 17.1 Å². The number of nitrogens with zero attached hydrogens (tertiary/aromatic N) is 3. The smallest absolute Gasteiger partial charge is 0.253 e. The zero-order valence-electron chi connectivity index (χ0n) is 20.3. The summed E-state index contributed by atoms with van der Waals surface area (Å²) in [7, 11) is 1.88. The lowest BCUT2D eigenvalue weighted by Crippen LogP contribution is -2.38. The molecule has 0 aliphatic heterocycles. The molecule has 35 heavy (non-hydrogen) atoms. The SMILES string of the molecule is CCOc1ccc(-c2noc(CCC(=O)Nc3ccc(C(=O)N(C)C4CCCCC4)cc3)n2)cc1. The van der Waals surface area contributed by atoms with Crippen molar-refractivity contribution >= 4 is 17.5 Å². The Bertz CT molecular complexity index is 1120. The van der Waals surface area contributed by atoms with Crippen LogP contribution in [0.5, 0.6) is 5.75 Å². The van der Waals surface area contributed by atoms with Crippen molar-refractivity contribution < 1.29 is 18.8 Å². The number of rotatable bonds is 9. The standard InChI is InChI=1S/C27H32N4O4/c1-3-34-23-15-11-19(12-16-23)26-29-25(35-30-26)18-17-24(32)28-21-13-9-20(10-14-21)27(33)31(2)22-7-5-4-6-8-22/h9-16,22H,3-8,17-18H2,1-2H3,(H,28,32). The van der Waals surface area contributed by atoms with Gasteiger partial charge in [-0.3, -0.25) is 9.59 Å². The predicted octanol–water partition coefficient (Wildman–Crippen LogP) is 5.11. The Hall–Kier alpha value is -3.68. The Kier molecular flexibility index (Phi) is 8.13. The molecule has 1 aromatic heterocycles. The van der Waals surface area contributed by atoms with Crippen LogP contribution in [0.1, 0.15) is 61.7 Å². The van der Waals surface area contributed by atoms with E-state index in [1.807, 2.05) is 43.1 Å². The molecule has 1 saturated carbocycles. The summed E-state index contributed by atoms with van der Waals surface area (Å²) in [6, 6.07) is 14.8. The third-order valence-electron chi connectivity index (χ3n) is 6.32. The number of amides is 2. The number of carbonyl (C=O) groups is 2. The second-order valence-electron chi connectivity index (χ2n) is 8.80. The molecule has 2 aromatic carbocycles. The van der Waals surface area contributed by atoms with E-state index in [4.69, 9.17) is 9.26 Å². The van der Waals surface area contributed by atoms with Crippen LogP contribution < -0.4 is 10.1 Å². The zero-order chi connectivity index (χ0) is 24.6. The molecule has 0 unspecified atom stereocenters. The normalized spacial score (nSPS) is 13.9. The number of benzene rings is 2. The van der Waals surface area contributed by atoms with E-state index in [2.05, 4.69) is 15.5 Å². The number of anilines is 1. The number of hydrogen-bond donors (Lipinski definition) is 1. The van der Waals surface area contributed by atoms with Crippen molar-refractivity contribution in [1.82, 2.24) is 15.0 Å². The van der Waals surface area contributed by atoms with Crippen LogP contribution in [0.15, 0.2) is 53.1 Å². The fraction of sp³-hybridized carbons (Fsp3) is 0.407. The van der Waals surface area contributed by atoms with Crippen LogP contribution in [0.25, 0.3) is 11.4 Å². The molecule has 184 valence electrons. The molecule has 4 rings (SSSR count). The Morgan fingerprint density at radius 1 is 1.06 bits per heavy atom. The maximum atomic E-state index is 12.8. The van der Waals surface area contributed by atoms with Gasteiger partial charge in [0.15, 0.2) is 0 Å². The summed E-state index contributed by atoms with van der Waals surface area (Å²) in [5.41, 5.74) is 2.09. The second-order valence-corrected chi connectivity index (χ2v) is 8.80. The Balaban J connectivity index is 1.26. The summed E-state index contributed by atoms with van der Waals surface area (Å²) in [4.78, 5) is 31.4. The molecule has 3 aromatic rings. The molecule has 0 saturated heterocycles. The van der Waals surface area contributed by atoms with Crippen LogP contribution in [0.3, 0.4) is 0 Å². The summed E-state index contributed by atoms with van der Waals surface area (Å²) in [5, 5.41) is 6.86. The number of ether oxygens (including phenoxy) is 1. The highest BCUT2D eigenvalue weighted by Crippen LogP contribution is 2.24. The molecular formula is C27H32N4O4. The van der Waals surface area contributed by atoms with Gasteiger partial charge in [-0.2, -0.15) is 4.98 Å². The van der Waals surface area contributed by atoms with Gasteiger partial charge in [0.25, 0.3) is 5.91 Å². The molecule has 1 heterocycles. The van der Waals surface area contributed by atoms with E-state index < -0.39 is 0 Å². The topological polar surface area (TPSA) is 97.6 Å². The van der Waals surface area contributed by atoms with Gasteiger partial charge in [-0.1, -0.05) is 24.4 Å². The van der Waals surface area contributed by atoms with Crippen molar-refractivity contribution in [2.24, 2.45) is 0 Å². The van der Waals surface area contributed by atoms with Crippen molar-refractivity contribution in [3.05, 3.63) is 60.0 Å². The number of aryl methyl sites for hydroxylation is 1. The van der Waals surface area contributed by atoms with Crippen LogP contribution >= 0.6 is 0 Å². The van der Waals surface area contributed by atoms with Crippen molar-refractivity contribution in [2.75, 3.05) is 19.0 Å². The Labute approximate surface area is 205 Å². The first kappa shape index (κ1) is 24.4. The van der Waals surface area contributed by atoms with E-state index in [9.17, 15) is 9.59 Å². The quantitative estimate of drug-likeness (QED) is 0.461. The molecule has 0 spiro atoms. The molecular weight excluding hydrogens is 444 g/mol. The molecule has 8 nitrogen and oxygen atoms in total. The van der Waals surface area contributed by atoms with Crippen LogP contribution in [-0.4, -0.2) is 46.6 Å². The van der Waals surface area contributed by atoms with Crippen LogP contribution in [0.4, 0.5) is 5.69 Å². The first-order valence-corrected chi connectivity index (χ1v) is 12.3. The lowest BCUT2D eigenvalue weighted by molar-refractivity contribution is -0.116. The lowest BCUT2D eigenvalue weighted by atomic mass is 9.94. The summed E-state index contributed by atoms with van der Waals surface area (Å²) in [5.74, 6) is 1.52. The highest BCUT2D eigenvalue weighted by atomic mass is 16.5. The van der Waals surface area contributed by atoms with Crippen molar-refractivity contribution in [3.63, 3.8) is 0 Å². The second kappa shape index (κ2) is 11.6. The highest BCUT2D eigenvalue weighted by Gasteiger charge is 2.23.